The summed E-state index contributed by atoms with van der Waals surface area (Å²) >= 11 is 0. The number of nitro groups is 1. The highest BCUT2D eigenvalue weighted by atomic mass is 19.1. The largest absolute Gasteiger partial charge is 0.322 e. The Balaban J connectivity index is 2.23. The van der Waals surface area contributed by atoms with Gasteiger partial charge in [-0.3, -0.25) is 14.9 Å². The van der Waals surface area contributed by atoms with E-state index in [1.54, 1.807) is 0 Å². The molecule has 1 N–H and O–H groups in total. The molecule has 0 aliphatic rings. The number of nitro benzene ring substituents is 1. The maximum absolute atomic E-state index is 13.0. The summed E-state index contributed by atoms with van der Waals surface area (Å²) < 4.78 is 25.9. The van der Waals surface area contributed by atoms with Gasteiger partial charge in [0, 0.05) is 29.4 Å². The fourth-order valence-electron chi connectivity index (χ4n) is 1.59. The Morgan fingerprint density at radius 1 is 1.10 bits per heavy atom. The molecule has 2 rings (SSSR count). The molecular formula is C13H8F2N2O3. The summed E-state index contributed by atoms with van der Waals surface area (Å²) in [7, 11) is 0. The lowest BCUT2D eigenvalue weighted by atomic mass is 10.2. The molecule has 0 spiro atoms. The van der Waals surface area contributed by atoms with Gasteiger partial charge < -0.3 is 5.32 Å². The number of anilines is 1. The van der Waals surface area contributed by atoms with Crippen LogP contribution < -0.4 is 5.32 Å². The van der Waals surface area contributed by atoms with Crippen LogP contribution in [0.2, 0.25) is 0 Å². The second-order valence-electron chi connectivity index (χ2n) is 3.92. The van der Waals surface area contributed by atoms with Crippen LogP contribution in [0.5, 0.6) is 0 Å². The molecule has 0 heterocycles. The van der Waals surface area contributed by atoms with Gasteiger partial charge in [-0.15, -0.1) is 0 Å². The Kier molecular flexibility index (Phi) is 3.69. The van der Waals surface area contributed by atoms with Gasteiger partial charge in [0.15, 0.2) is 0 Å². The van der Waals surface area contributed by atoms with E-state index in [0.29, 0.717) is 6.07 Å². The standard InChI is InChI=1S/C13H8F2N2O3/c14-9-5-10(15)7-11(6-9)16-13(18)8-2-1-3-12(4-8)17(19)20/h1-7H,(H,16,18). The third-order valence-electron chi connectivity index (χ3n) is 2.44. The van der Waals surface area contributed by atoms with Gasteiger partial charge in [0.1, 0.15) is 11.6 Å². The number of nitrogens with one attached hydrogen (secondary N) is 1. The van der Waals surface area contributed by atoms with Crippen LogP contribution in [-0.2, 0) is 0 Å². The van der Waals surface area contributed by atoms with Gasteiger partial charge in [0.25, 0.3) is 11.6 Å². The first-order chi connectivity index (χ1) is 9.45. The van der Waals surface area contributed by atoms with Crippen LogP contribution in [0.15, 0.2) is 42.5 Å². The van der Waals surface area contributed by atoms with Crippen molar-refractivity contribution in [3.63, 3.8) is 0 Å². The van der Waals surface area contributed by atoms with Crippen molar-refractivity contribution in [2.75, 3.05) is 5.32 Å². The van der Waals surface area contributed by atoms with Crippen LogP contribution in [-0.4, -0.2) is 10.8 Å². The Morgan fingerprint density at radius 3 is 2.35 bits per heavy atom. The smallest absolute Gasteiger partial charge is 0.270 e. The second kappa shape index (κ2) is 5.43. The molecular weight excluding hydrogens is 270 g/mol. The minimum Gasteiger partial charge on any atom is -0.322 e. The summed E-state index contributed by atoms with van der Waals surface area (Å²) in [5.74, 6) is -2.36. The predicted molar refractivity (Wildman–Crippen MR) is 67.4 cm³/mol. The van der Waals surface area contributed by atoms with Crippen molar-refractivity contribution in [2.45, 2.75) is 0 Å². The van der Waals surface area contributed by atoms with Crippen molar-refractivity contribution < 1.29 is 18.5 Å². The van der Waals surface area contributed by atoms with E-state index in [9.17, 15) is 23.7 Å². The van der Waals surface area contributed by atoms with E-state index in [4.69, 9.17) is 0 Å². The lowest BCUT2D eigenvalue weighted by Crippen LogP contribution is -2.12. The molecule has 0 radical (unpaired) electrons. The lowest BCUT2D eigenvalue weighted by Gasteiger charge is -2.05. The Morgan fingerprint density at radius 2 is 1.75 bits per heavy atom. The monoisotopic (exact) mass is 278 g/mol. The van der Waals surface area contributed by atoms with E-state index < -0.39 is 22.5 Å². The number of carbonyl (C=O) groups is 1. The van der Waals surface area contributed by atoms with Gasteiger partial charge in [-0.2, -0.15) is 0 Å². The highest BCUT2D eigenvalue weighted by molar-refractivity contribution is 6.04. The molecule has 1 amide bonds. The molecule has 0 aliphatic heterocycles. The third kappa shape index (κ3) is 3.14. The maximum atomic E-state index is 13.0. The van der Waals surface area contributed by atoms with Gasteiger partial charge in [-0.25, -0.2) is 8.78 Å². The average molecular weight is 278 g/mol. The van der Waals surface area contributed by atoms with Crippen LogP contribution in [0.1, 0.15) is 10.4 Å². The summed E-state index contributed by atoms with van der Waals surface area (Å²) in [5, 5.41) is 12.9. The van der Waals surface area contributed by atoms with Crippen LogP contribution in [0.4, 0.5) is 20.2 Å². The number of amides is 1. The number of rotatable bonds is 3. The second-order valence-corrected chi connectivity index (χ2v) is 3.92. The first kappa shape index (κ1) is 13.6. The molecule has 0 saturated carbocycles. The third-order valence-corrected chi connectivity index (χ3v) is 2.44. The van der Waals surface area contributed by atoms with Gasteiger partial charge in [-0.05, 0) is 18.2 Å². The van der Waals surface area contributed by atoms with Crippen LogP contribution in [0.3, 0.4) is 0 Å². The highest BCUT2D eigenvalue weighted by Gasteiger charge is 2.12. The summed E-state index contributed by atoms with van der Waals surface area (Å²) in [4.78, 5) is 21.8. The molecule has 0 unspecified atom stereocenters. The molecule has 0 bridgehead atoms. The quantitative estimate of drug-likeness (QED) is 0.692. The van der Waals surface area contributed by atoms with Crippen LogP contribution in [0, 0.1) is 21.7 Å². The Bertz CT molecular complexity index is 669. The fourth-order valence-corrected chi connectivity index (χ4v) is 1.59. The number of non-ortho nitro benzene ring substituents is 1. The highest BCUT2D eigenvalue weighted by Crippen LogP contribution is 2.17. The van der Waals surface area contributed by atoms with Gasteiger partial charge in [0.2, 0.25) is 0 Å². The number of benzene rings is 2. The Labute approximate surface area is 112 Å². The lowest BCUT2D eigenvalue weighted by molar-refractivity contribution is -0.384. The molecule has 0 saturated heterocycles. The summed E-state index contributed by atoms with van der Waals surface area (Å²) in [5.41, 5.74) is -0.300. The average Bonchev–Trinajstić information content (AvgIpc) is 2.37. The number of hydrogen-bond acceptors (Lipinski definition) is 3. The van der Waals surface area contributed by atoms with E-state index in [0.717, 1.165) is 18.2 Å². The van der Waals surface area contributed by atoms with Crippen molar-refractivity contribution in [1.29, 1.82) is 0 Å². The molecule has 2 aromatic rings. The van der Waals surface area contributed by atoms with E-state index in [-0.39, 0.29) is 16.9 Å². The number of nitrogens with zero attached hydrogens (tertiary/aromatic N) is 1. The molecule has 0 fully saturated rings. The fraction of sp³-hybridized carbons (Fsp3) is 0. The molecule has 2 aromatic carbocycles. The molecule has 102 valence electrons. The zero-order valence-electron chi connectivity index (χ0n) is 9.97. The SMILES string of the molecule is O=C(Nc1cc(F)cc(F)c1)c1cccc([N+](=O)[O-])c1. The van der Waals surface area contributed by atoms with E-state index in [1.807, 2.05) is 0 Å². The van der Waals surface area contributed by atoms with E-state index >= 15 is 0 Å². The van der Waals surface area contributed by atoms with Gasteiger partial charge in [-0.1, -0.05) is 6.07 Å². The summed E-state index contributed by atoms with van der Waals surface area (Å²) in [6.07, 6.45) is 0. The normalized spacial score (nSPS) is 10.1. The van der Waals surface area contributed by atoms with E-state index in [2.05, 4.69) is 5.32 Å². The first-order valence-electron chi connectivity index (χ1n) is 5.47. The zero-order chi connectivity index (χ0) is 14.7. The van der Waals surface area contributed by atoms with Gasteiger partial charge >= 0.3 is 0 Å². The number of hydrogen-bond donors (Lipinski definition) is 1. The van der Waals surface area contributed by atoms with Crippen molar-refractivity contribution in [3.8, 4) is 0 Å². The molecule has 5 nitrogen and oxygen atoms in total. The minimum absolute atomic E-state index is 0.0175. The molecule has 7 heteroatoms. The summed E-state index contributed by atoms with van der Waals surface area (Å²) in [6, 6.07) is 7.57. The summed E-state index contributed by atoms with van der Waals surface area (Å²) in [6.45, 7) is 0. The van der Waals surface area contributed by atoms with E-state index in [1.165, 1.54) is 18.2 Å². The molecule has 0 aliphatic carbocycles. The number of halogens is 2. The van der Waals surface area contributed by atoms with Crippen molar-refractivity contribution >= 4 is 17.3 Å². The first-order valence-corrected chi connectivity index (χ1v) is 5.47. The minimum atomic E-state index is -0.834. The Hall–Kier alpha value is -2.83. The van der Waals surface area contributed by atoms with Crippen molar-refractivity contribution in [1.82, 2.24) is 0 Å². The molecule has 0 aromatic heterocycles. The topological polar surface area (TPSA) is 72.2 Å². The van der Waals surface area contributed by atoms with Crippen LogP contribution in [0.25, 0.3) is 0 Å². The zero-order valence-corrected chi connectivity index (χ0v) is 9.97. The number of carbonyl (C=O) groups excluding carboxylic acids is 1. The molecule has 20 heavy (non-hydrogen) atoms. The van der Waals surface area contributed by atoms with Gasteiger partial charge in [0.05, 0.1) is 4.92 Å². The van der Waals surface area contributed by atoms with Crippen LogP contribution >= 0.6 is 0 Å². The van der Waals surface area contributed by atoms with Crippen molar-refractivity contribution in [2.24, 2.45) is 0 Å². The van der Waals surface area contributed by atoms with Crippen molar-refractivity contribution in [3.05, 3.63) is 69.8 Å². The maximum Gasteiger partial charge on any atom is 0.270 e. The predicted octanol–water partition coefficient (Wildman–Crippen LogP) is 3.13. The molecule has 0 atom stereocenters.